The molecular formula is C10H15FN2. The van der Waals surface area contributed by atoms with Gasteiger partial charge in [0.2, 0.25) is 5.95 Å². The van der Waals surface area contributed by atoms with Crippen LogP contribution in [0, 0.1) is 11.4 Å². The van der Waals surface area contributed by atoms with Gasteiger partial charge in [-0.05, 0) is 5.41 Å². The van der Waals surface area contributed by atoms with E-state index in [-0.39, 0.29) is 11.3 Å². The zero-order valence-corrected chi connectivity index (χ0v) is 8.50. The van der Waals surface area contributed by atoms with Gasteiger partial charge in [-0.1, -0.05) is 27.7 Å². The van der Waals surface area contributed by atoms with E-state index in [4.69, 9.17) is 0 Å². The summed E-state index contributed by atoms with van der Waals surface area (Å²) in [6, 6.07) is 1.40. The first-order chi connectivity index (χ1) is 5.91. The van der Waals surface area contributed by atoms with Gasteiger partial charge < -0.3 is 0 Å². The molecule has 0 aliphatic carbocycles. The monoisotopic (exact) mass is 182 g/mol. The van der Waals surface area contributed by atoms with Crippen LogP contribution in [0.2, 0.25) is 0 Å². The summed E-state index contributed by atoms with van der Waals surface area (Å²) in [6.45, 7) is 8.37. The van der Waals surface area contributed by atoms with Crippen molar-refractivity contribution in [2.75, 3.05) is 0 Å². The first-order valence-electron chi connectivity index (χ1n) is 4.38. The maximum Gasteiger partial charge on any atom is 0.216 e. The molecule has 0 bridgehead atoms. The summed E-state index contributed by atoms with van der Waals surface area (Å²) in [5.41, 5.74) is 0.862. The molecule has 0 spiro atoms. The van der Waals surface area contributed by atoms with Gasteiger partial charge in [-0.2, -0.15) is 4.39 Å². The van der Waals surface area contributed by atoms with Gasteiger partial charge in [0.05, 0.1) is 5.69 Å². The van der Waals surface area contributed by atoms with Crippen molar-refractivity contribution in [1.82, 2.24) is 9.97 Å². The van der Waals surface area contributed by atoms with Crippen LogP contribution >= 0.6 is 0 Å². The highest BCUT2D eigenvalue weighted by Gasteiger charge is 2.23. The van der Waals surface area contributed by atoms with Crippen LogP contribution in [-0.4, -0.2) is 9.97 Å². The normalized spacial score (nSPS) is 14.2. The van der Waals surface area contributed by atoms with Crippen LogP contribution in [0.4, 0.5) is 4.39 Å². The molecule has 3 heteroatoms. The molecule has 1 aromatic rings. The molecule has 0 radical (unpaired) electrons. The van der Waals surface area contributed by atoms with E-state index >= 15 is 0 Å². The van der Waals surface area contributed by atoms with Crippen molar-refractivity contribution in [2.24, 2.45) is 5.41 Å². The largest absolute Gasteiger partial charge is 0.241 e. The zero-order valence-electron chi connectivity index (χ0n) is 8.50. The first-order valence-corrected chi connectivity index (χ1v) is 4.38. The predicted octanol–water partition coefficient (Wildman–Crippen LogP) is 2.77. The Balaban J connectivity index is 2.96. The lowest BCUT2D eigenvalue weighted by atomic mass is 9.80. The minimum Gasteiger partial charge on any atom is -0.241 e. The first kappa shape index (κ1) is 10.1. The molecule has 0 N–H and O–H groups in total. The molecule has 0 saturated carbocycles. The van der Waals surface area contributed by atoms with Gasteiger partial charge in [0.15, 0.2) is 0 Å². The topological polar surface area (TPSA) is 25.8 Å². The number of nitrogens with zero attached hydrogens (tertiary/aromatic N) is 2. The van der Waals surface area contributed by atoms with Gasteiger partial charge in [-0.15, -0.1) is 0 Å². The highest BCUT2D eigenvalue weighted by molar-refractivity contribution is 5.08. The maximum atomic E-state index is 12.8. The molecule has 1 unspecified atom stereocenters. The number of aromatic nitrogens is 2. The highest BCUT2D eigenvalue weighted by atomic mass is 19.1. The van der Waals surface area contributed by atoms with Gasteiger partial charge in [0, 0.05) is 12.0 Å². The molecule has 1 heterocycles. The molecular weight excluding hydrogens is 167 g/mol. The van der Waals surface area contributed by atoms with Crippen molar-refractivity contribution in [3.05, 3.63) is 24.0 Å². The number of rotatable bonds is 1. The number of hydrogen-bond donors (Lipinski definition) is 0. The second kappa shape index (κ2) is 3.40. The van der Waals surface area contributed by atoms with Crippen molar-refractivity contribution in [2.45, 2.75) is 33.6 Å². The lowest BCUT2D eigenvalue weighted by molar-refractivity contribution is 0.332. The Morgan fingerprint density at radius 1 is 1.31 bits per heavy atom. The van der Waals surface area contributed by atoms with E-state index in [1.54, 1.807) is 0 Å². The molecule has 0 fully saturated rings. The Kier molecular flexibility index (Phi) is 2.64. The van der Waals surface area contributed by atoms with E-state index in [1.165, 1.54) is 12.4 Å². The van der Waals surface area contributed by atoms with E-state index in [0.717, 1.165) is 5.69 Å². The Labute approximate surface area is 78.2 Å². The standard InChI is InChI=1S/C10H15FN2/c1-7(10(2,3)4)8-5-9(11)13-6-12-8/h5-7H,1-4H3. The fraction of sp³-hybridized carbons (Fsp3) is 0.600. The van der Waals surface area contributed by atoms with Gasteiger partial charge in [0.25, 0.3) is 0 Å². The molecule has 0 aliphatic heterocycles. The average molecular weight is 182 g/mol. The smallest absolute Gasteiger partial charge is 0.216 e. The fourth-order valence-corrected chi connectivity index (χ4v) is 1.03. The lowest BCUT2D eigenvalue weighted by Gasteiger charge is -2.26. The number of hydrogen-bond acceptors (Lipinski definition) is 2. The predicted molar refractivity (Wildman–Crippen MR) is 49.9 cm³/mol. The van der Waals surface area contributed by atoms with Crippen LogP contribution in [-0.2, 0) is 0 Å². The third kappa shape index (κ3) is 2.47. The van der Waals surface area contributed by atoms with E-state index in [0.29, 0.717) is 0 Å². The molecule has 13 heavy (non-hydrogen) atoms. The Hall–Kier alpha value is -0.990. The molecule has 0 amide bonds. The van der Waals surface area contributed by atoms with Crippen LogP contribution in [0.5, 0.6) is 0 Å². The van der Waals surface area contributed by atoms with Crippen molar-refractivity contribution < 1.29 is 4.39 Å². The van der Waals surface area contributed by atoms with Crippen LogP contribution < -0.4 is 0 Å². The second-order valence-electron chi connectivity index (χ2n) is 4.35. The molecule has 1 aromatic heterocycles. The van der Waals surface area contributed by atoms with E-state index in [9.17, 15) is 4.39 Å². The zero-order chi connectivity index (χ0) is 10.1. The van der Waals surface area contributed by atoms with Crippen LogP contribution in [0.1, 0.15) is 39.3 Å². The van der Waals surface area contributed by atoms with Crippen LogP contribution in [0.25, 0.3) is 0 Å². The fourth-order valence-electron chi connectivity index (χ4n) is 1.03. The summed E-state index contributed by atoms with van der Waals surface area (Å²) in [7, 11) is 0. The van der Waals surface area contributed by atoms with Crippen molar-refractivity contribution in [3.8, 4) is 0 Å². The summed E-state index contributed by atoms with van der Waals surface area (Å²) in [6.07, 6.45) is 1.27. The minimum absolute atomic E-state index is 0.0980. The van der Waals surface area contributed by atoms with Gasteiger partial charge in [0.1, 0.15) is 6.33 Å². The summed E-state index contributed by atoms with van der Waals surface area (Å²) in [5, 5.41) is 0. The van der Waals surface area contributed by atoms with Crippen molar-refractivity contribution in [3.63, 3.8) is 0 Å². The summed E-state index contributed by atoms with van der Waals surface area (Å²) in [4.78, 5) is 7.48. The van der Waals surface area contributed by atoms with Crippen LogP contribution in [0.3, 0.4) is 0 Å². The molecule has 0 saturated heterocycles. The molecule has 1 atom stereocenters. The molecule has 0 aromatic carbocycles. The van der Waals surface area contributed by atoms with E-state index in [2.05, 4.69) is 30.7 Å². The Morgan fingerprint density at radius 3 is 2.38 bits per heavy atom. The van der Waals surface area contributed by atoms with Gasteiger partial charge in [-0.25, -0.2) is 9.97 Å². The van der Waals surface area contributed by atoms with Gasteiger partial charge >= 0.3 is 0 Å². The number of halogens is 1. The van der Waals surface area contributed by atoms with E-state index in [1.807, 2.05) is 6.92 Å². The summed E-state index contributed by atoms with van der Waals surface area (Å²) < 4.78 is 12.8. The molecule has 72 valence electrons. The van der Waals surface area contributed by atoms with E-state index < -0.39 is 5.95 Å². The minimum atomic E-state index is -0.457. The van der Waals surface area contributed by atoms with Crippen molar-refractivity contribution >= 4 is 0 Å². The second-order valence-corrected chi connectivity index (χ2v) is 4.35. The van der Waals surface area contributed by atoms with Crippen LogP contribution in [0.15, 0.2) is 12.4 Å². The third-order valence-corrected chi connectivity index (χ3v) is 2.40. The third-order valence-electron chi connectivity index (χ3n) is 2.40. The molecule has 0 aliphatic rings. The SMILES string of the molecule is CC(c1cc(F)ncn1)C(C)(C)C. The summed E-state index contributed by atoms with van der Waals surface area (Å²) in [5.74, 6) is -0.230. The maximum absolute atomic E-state index is 12.8. The quantitative estimate of drug-likeness (QED) is 0.624. The Morgan fingerprint density at radius 2 is 1.92 bits per heavy atom. The highest BCUT2D eigenvalue weighted by Crippen LogP contribution is 2.32. The van der Waals surface area contributed by atoms with Gasteiger partial charge in [-0.3, -0.25) is 0 Å². The molecule has 1 rings (SSSR count). The molecule has 2 nitrogen and oxygen atoms in total. The lowest BCUT2D eigenvalue weighted by Crippen LogP contribution is -2.16. The summed E-state index contributed by atoms with van der Waals surface area (Å²) >= 11 is 0. The average Bonchev–Trinajstić information content (AvgIpc) is 2.01. The Bertz CT molecular complexity index is 291. The van der Waals surface area contributed by atoms with Crippen molar-refractivity contribution in [1.29, 1.82) is 0 Å².